The van der Waals surface area contributed by atoms with Crippen LogP contribution in [0.3, 0.4) is 0 Å². The fourth-order valence-corrected chi connectivity index (χ4v) is 3.36. The molecule has 0 aliphatic heterocycles. The van der Waals surface area contributed by atoms with E-state index in [9.17, 15) is 8.78 Å². The van der Waals surface area contributed by atoms with E-state index in [1.165, 1.54) is 18.6 Å². The van der Waals surface area contributed by atoms with Gasteiger partial charge in [0.05, 0.1) is 0 Å². The van der Waals surface area contributed by atoms with Gasteiger partial charge < -0.3 is 0 Å². The lowest BCUT2D eigenvalue weighted by Crippen LogP contribution is -2.24. The molecule has 0 aromatic heterocycles. The second-order valence-electron chi connectivity index (χ2n) is 5.28. The van der Waals surface area contributed by atoms with E-state index in [0.717, 1.165) is 19.3 Å². The highest BCUT2D eigenvalue weighted by Gasteiger charge is 2.39. The molecule has 0 nitrogen and oxygen atoms in total. The van der Waals surface area contributed by atoms with Crippen molar-refractivity contribution in [1.82, 2.24) is 0 Å². The van der Waals surface area contributed by atoms with Crippen LogP contribution in [0.4, 0.5) is 8.78 Å². The van der Waals surface area contributed by atoms with E-state index >= 15 is 0 Å². The molecule has 16 heavy (non-hydrogen) atoms. The van der Waals surface area contributed by atoms with Gasteiger partial charge in [0.15, 0.2) is 0 Å². The first-order valence-corrected chi connectivity index (χ1v) is 6.16. The molecule has 0 bridgehead atoms. The van der Waals surface area contributed by atoms with Gasteiger partial charge in [-0.2, -0.15) is 0 Å². The Labute approximate surface area is 94.7 Å². The molecule has 0 amide bonds. The third-order valence-electron chi connectivity index (χ3n) is 4.43. The quantitative estimate of drug-likeness (QED) is 0.612. The van der Waals surface area contributed by atoms with Crippen LogP contribution in [0.1, 0.15) is 55.6 Å². The minimum atomic E-state index is -0.212. The zero-order chi connectivity index (χ0) is 11.3. The second kappa shape index (κ2) is 3.54. The van der Waals surface area contributed by atoms with E-state index in [1.807, 2.05) is 6.92 Å². The first kappa shape index (κ1) is 10.2. The van der Waals surface area contributed by atoms with Gasteiger partial charge in [0.1, 0.15) is 11.6 Å². The summed E-state index contributed by atoms with van der Waals surface area (Å²) in [6.07, 6.45) is 4.34. The number of fused-ring (bicyclic) bond motifs is 3. The number of hydrogen-bond acceptors (Lipinski definition) is 0. The molecule has 0 spiro atoms. The monoisotopic (exact) mass is 222 g/mol. The van der Waals surface area contributed by atoms with E-state index in [2.05, 4.69) is 0 Å². The fraction of sp³-hybridized carbons (Fsp3) is 0.571. The van der Waals surface area contributed by atoms with Crippen LogP contribution in [0.5, 0.6) is 0 Å². The smallest absolute Gasteiger partial charge is 0.127 e. The van der Waals surface area contributed by atoms with E-state index < -0.39 is 0 Å². The van der Waals surface area contributed by atoms with Crippen LogP contribution < -0.4 is 0 Å². The van der Waals surface area contributed by atoms with Crippen molar-refractivity contribution in [3.8, 4) is 0 Å². The normalized spacial score (nSPS) is 32.3. The summed E-state index contributed by atoms with van der Waals surface area (Å²) in [4.78, 5) is 0. The molecule has 2 aliphatic carbocycles. The molecule has 3 rings (SSSR count). The highest BCUT2D eigenvalue weighted by atomic mass is 19.1. The SMILES string of the molecule is CC1CCC2CCC2c2c(F)ccc(F)c21. The zero-order valence-corrected chi connectivity index (χ0v) is 9.47. The molecule has 1 fully saturated rings. The van der Waals surface area contributed by atoms with Crippen molar-refractivity contribution >= 4 is 0 Å². The largest absolute Gasteiger partial charge is 0.207 e. The molecule has 86 valence electrons. The van der Waals surface area contributed by atoms with Gasteiger partial charge in [-0.3, -0.25) is 0 Å². The summed E-state index contributed by atoms with van der Waals surface area (Å²) < 4.78 is 27.7. The Kier molecular flexibility index (Phi) is 2.27. The van der Waals surface area contributed by atoms with E-state index in [4.69, 9.17) is 0 Å². The minimum absolute atomic E-state index is 0.163. The van der Waals surface area contributed by atoms with Crippen molar-refractivity contribution in [2.45, 2.75) is 44.4 Å². The van der Waals surface area contributed by atoms with Gasteiger partial charge in [-0.1, -0.05) is 6.92 Å². The van der Waals surface area contributed by atoms with Crippen molar-refractivity contribution in [2.75, 3.05) is 0 Å². The minimum Gasteiger partial charge on any atom is -0.207 e. The number of halogens is 2. The molecular weight excluding hydrogens is 206 g/mol. The van der Waals surface area contributed by atoms with Crippen LogP contribution in [0.15, 0.2) is 12.1 Å². The van der Waals surface area contributed by atoms with Crippen molar-refractivity contribution in [3.63, 3.8) is 0 Å². The molecule has 1 aromatic rings. The van der Waals surface area contributed by atoms with Crippen LogP contribution in [0.25, 0.3) is 0 Å². The van der Waals surface area contributed by atoms with Crippen molar-refractivity contribution in [1.29, 1.82) is 0 Å². The van der Waals surface area contributed by atoms with E-state index in [-0.39, 0.29) is 23.5 Å². The molecular formula is C14H16F2. The molecule has 3 atom stereocenters. The Bertz CT molecular complexity index is 425. The van der Waals surface area contributed by atoms with Gasteiger partial charge in [-0.15, -0.1) is 0 Å². The zero-order valence-electron chi connectivity index (χ0n) is 9.47. The summed E-state index contributed by atoms with van der Waals surface area (Å²) in [6.45, 7) is 2.02. The molecule has 3 unspecified atom stereocenters. The maximum absolute atomic E-state index is 13.9. The van der Waals surface area contributed by atoms with Gasteiger partial charge >= 0.3 is 0 Å². The highest BCUT2D eigenvalue weighted by molar-refractivity contribution is 5.38. The summed E-state index contributed by atoms with van der Waals surface area (Å²) in [7, 11) is 0. The van der Waals surface area contributed by atoms with Crippen molar-refractivity contribution < 1.29 is 8.78 Å². The van der Waals surface area contributed by atoms with Crippen LogP contribution in [-0.2, 0) is 0 Å². The first-order valence-electron chi connectivity index (χ1n) is 6.16. The highest BCUT2D eigenvalue weighted by Crippen LogP contribution is 2.52. The Hall–Kier alpha value is -0.920. The van der Waals surface area contributed by atoms with Crippen LogP contribution in [-0.4, -0.2) is 0 Å². The van der Waals surface area contributed by atoms with Crippen molar-refractivity contribution in [2.24, 2.45) is 5.92 Å². The average molecular weight is 222 g/mol. The van der Waals surface area contributed by atoms with Crippen LogP contribution in [0.2, 0.25) is 0 Å². The fourth-order valence-electron chi connectivity index (χ4n) is 3.36. The van der Waals surface area contributed by atoms with Crippen LogP contribution >= 0.6 is 0 Å². The van der Waals surface area contributed by atoms with Gasteiger partial charge in [-0.05, 0) is 66.7 Å². The maximum Gasteiger partial charge on any atom is 0.127 e. The summed E-state index contributed by atoms with van der Waals surface area (Å²) in [5, 5.41) is 0. The molecule has 1 saturated carbocycles. The standard InChI is InChI=1S/C14H16F2/c1-8-2-3-9-4-5-10(9)14-12(16)7-6-11(15)13(8)14/h6-10H,2-5H2,1H3. The Morgan fingerprint density at radius 1 is 0.938 bits per heavy atom. The molecule has 0 saturated heterocycles. The molecule has 0 heterocycles. The summed E-state index contributed by atoms with van der Waals surface area (Å²) in [5.74, 6) is 0.642. The number of hydrogen-bond donors (Lipinski definition) is 0. The van der Waals surface area contributed by atoms with E-state index in [1.54, 1.807) is 0 Å². The summed E-state index contributed by atoms with van der Waals surface area (Å²) >= 11 is 0. The van der Waals surface area contributed by atoms with Gasteiger partial charge in [0.25, 0.3) is 0 Å². The van der Waals surface area contributed by atoms with Gasteiger partial charge in [0.2, 0.25) is 0 Å². The lowest BCUT2D eigenvalue weighted by molar-refractivity contribution is 0.235. The van der Waals surface area contributed by atoms with Gasteiger partial charge in [-0.25, -0.2) is 8.78 Å². The molecule has 0 radical (unpaired) electrons. The predicted octanol–water partition coefficient (Wildman–Crippen LogP) is 4.36. The van der Waals surface area contributed by atoms with Crippen molar-refractivity contribution in [3.05, 3.63) is 34.9 Å². The molecule has 2 heteroatoms. The third-order valence-corrected chi connectivity index (χ3v) is 4.43. The Morgan fingerprint density at radius 2 is 1.56 bits per heavy atom. The molecule has 0 N–H and O–H groups in total. The third kappa shape index (κ3) is 1.32. The number of benzene rings is 1. The maximum atomic E-state index is 13.9. The summed E-state index contributed by atoms with van der Waals surface area (Å²) in [5.41, 5.74) is 1.36. The Morgan fingerprint density at radius 3 is 2.19 bits per heavy atom. The number of rotatable bonds is 0. The lowest BCUT2D eigenvalue weighted by Gasteiger charge is -2.36. The first-order chi connectivity index (χ1) is 7.68. The topological polar surface area (TPSA) is 0 Å². The average Bonchev–Trinajstić information content (AvgIpc) is 2.30. The molecule has 1 aromatic carbocycles. The Balaban J connectivity index is 2.19. The lowest BCUT2D eigenvalue weighted by atomic mass is 9.68. The van der Waals surface area contributed by atoms with Crippen LogP contribution in [0, 0.1) is 17.6 Å². The summed E-state index contributed by atoms with van der Waals surface area (Å²) in [6, 6.07) is 2.57. The molecule has 2 aliphatic rings. The van der Waals surface area contributed by atoms with E-state index in [0.29, 0.717) is 17.0 Å². The second-order valence-corrected chi connectivity index (χ2v) is 5.28. The van der Waals surface area contributed by atoms with Gasteiger partial charge in [0, 0.05) is 0 Å². The predicted molar refractivity (Wildman–Crippen MR) is 59.5 cm³/mol.